The Balaban J connectivity index is 1.67. The van der Waals surface area contributed by atoms with E-state index in [9.17, 15) is 9.59 Å². The fraction of sp³-hybridized carbons (Fsp3) is 0.320. The average Bonchev–Trinajstić information content (AvgIpc) is 3.27. The van der Waals surface area contributed by atoms with Gasteiger partial charge in [0, 0.05) is 40.1 Å². The van der Waals surface area contributed by atoms with Gasteiger partial charge in [0.25, 0.3) is 5.91 Å². The number of fused-ring (bicyclic) bond motifs is 1. The van der Waals surface area contributed by atoms with Crippen molar-refractivity contribution >= 4 is 40.5 Å². The van der Waals surface area contributed by atoms with Crippen LogP contribution in [0.15, 0.2) is 41.8 Å². The number of methoxy groups -OCH3 is 3. The van der Waals surface area contributed by atoms with Gasteiger partial charge in [0.1, 0.15) is 12.2 Å². The molecular weight excluding hydrogens is 492 g/mol. The van der Waals surface area contributed by atoms with Crippen molar-refractivity contribution in [2.24, 2.45) is 0 Å². The molecule has 2 atom stereocenters. The highest BCUT2D eigenvalue weighted by molar-refractivity contribution is 7.09. The number of hydrogen-bond acceptors (Lipinski definition) is 8. The predicted octanol–water partition coefficient (Wildman–Crippen LogP) is 4.59. The molecule has 35 heavy (non-hydrogen) atoms. The summed E-state index contributed by atoms with van der Waals surface area (Å²) >= 11 is 7.74. The number of hydrogen-bond donors (Lipinski definition) is 1. The van der Waals surface area contributed by atoms with E-state index in [2.05, 4.69) is 10.3 Å². The summed E-state index contributed by atoms with van der Waals surface area (Å²) in [6, 6.07) is 10.8. The Labute approximate surface area is 212 Å². The van der Waals surface area contributed by atoms with Crippen molar-refractivity contribution in [3.8, 4) is 11.5 Å². The van der Waals surface area contributed by atoms with Crippen LogP contribution in [0, 0.1) is 0 Å². The maximum atomic E-state index is 13.2. The second-order valence-corrected chi connectivity index (χ2v) is 9.20. The Morgan fingerprint density at radius 1 is 1.17 bits per heavy atom. The standard InChI is InChI=1S/C25H25ClN2O6S/c1-31-19-6-4-5-16(24(19)33-3)23-17-11-14(26)7-9-18(17)28-25(30)20(34-23)12-21-27-15(13-35-21)8-10-22(29)32-2/h4-7,9,11,13,20,23H,8,10,12H2,1-3H3,(H,28,30). The molecule has 8 nitrogen and oxygen atoms in total. The van der Waals surface area contributed by atoms with Gasteiger partial charge in [-0.2, -0.15) is 0 Å². The first-order chi connectivity index (χ1) is 16.9. The zero-order chi connectivity index (χ0) is 24.9. The van der Waals surface area contributed by atoms with Crippen molar-refractivity contribution in [3.63, 3.8) is 0 Å². The second-order valence-electron chi connectivity index (χ2n) is 7.82. The lowest BCUT2D eigenvalue weighted by Gasteiger charge is -2.24. The molecule has 0 bridgehead atoms. The first kappa shape index (κ1) is 25.0. The number of esters is 1. The Morgan fingerprint density at radius 2 is 2.00 bits per heavy atom. The summed E-state index contributed by atoms with van der Waals surface area (Å²) in [6.45, 7) is 0. The summed E-state index contributed by atoms with van der Waals surface area (Å²) in [7, 11) is 4.48. The molecule has 0 aliphatic carbocycles. The zero-order valence-corrected chi connectivity index (χ0v) is 21.1. The lowest BCUT2D eigenvalue weighted by molar-refractivity contribution is -0.140. The molecule has 1 aliphatic heterocycles. The molecule has 1 aliphatic rings. The third-order valence-corrected chi connectivity index (χ3v) is 6.79. The number of aryl methyl sites for hydroxylation is 1. The number of benzene rings is 2. The van der Waals surface area contributed by atoms with Crippen molar-refractivity contribution in [3.05, 3.63) is 68.6 Å². The van der Waals surface area contributed by atoms with Crippen LogP contribution in [0.2, 0.25) is 5.02 Å². The lowest BCUT2D eigenvalue weighted by atomic mass is 9.98. The van der Waals surface area contributed by atoms with Crippen LogP contribution >= 0.6 is 22.9 Å². The van der Waals surface area contributed by atoms with Crippen molar-refractivity contribution in [1.29, 1.82) is 0 Å². The minimum Gasteiger partial charge on any atom is -0.493 e. The number of ether oxygens (including phenoxy) is 4. The van der Waals surface area contributed by atoms with Gasteiger partial charge in [0.05, 0.1) is 38.5 Å². The summed E-state index contributed by atoms with van der Waals surface area (Å²) in [5.41, 5.74) is 2.78. The van der Waals surface area contributed by atoms with Gasteiger partial charge in [0.2, 0.25) is 0 Å². The van der Waals surface area contributed by atoms with Crippen LogP contribution in [0.3, 0.4) is 0 Å². The van der Waals surface area contributed by atoms with Crippen LogP contribution in [-0.2, 0) is 31.9 Å². The fourth-order valence-electron chi connectivity index (χ4n) is 3.93. The number of thiazole rings is 1. The van der Waals surface area contributed by atoms with Gasteiger partial charge in [-0.25, -0.2) is 4.98 Å². The largest absolute Gasteiger partial charge is 0.493 e. The van der Waals surface area contributed by atoms with Crippen LogP contribution < -0.4 is 14.8 Å². The van der Waals surface area contributed by atoms with Gasteiger partial charge in [-0.15, -0.1) is 11.3 Å². The Kier molecular flexibility index (Phi) is 7.90. The molecule has 1 aromatic heterocycles. The highest BCUT2D eigenvalue weighted by Gasteiger charge is 2.34. The van der Waals surface area contributed by atoms with Crippen molar-refractivity contribution in [1.82, 2.24) is 4.98 Å². The monoisotopic (exact) mass is 516 g/mol. The predicted molar refractivity (Wildman–Crippen MR) is 132 cm³/mol. The van der Waals surface area contributed by atoms with Gasteiger partial charge in [0.15, 0.2) is 11.5 Å². The summed E-state index contributed by atoms with van der Waals surface area (Å²) in [4.78, 5) is 29.2. The maximum Gasteiger partial charge on any atom is 0.305 e. The lowest BCUT2D eigenvalue weighted by Crippen LogP contribution is -2.31. The molecule has 0 fully saturated rings. The number of para-hydroxylation sites is 1. The Bertz CT molecular complexity index is 1230. The summed E-state index contributed by atoms with van der Waals surface area (Å²) in [6.07, 6.45) is -0.514. The van der Waals surface area contributed by atoms with Crippen LogP contribution in [0.5, 0.6) is 11.5 Å². The van der Waals surface area contributed by atoms with Crippen molar-refractivity contribution in [2.45, 2.75) is 31.5 Å². The molecule has 184 valence electrons. The minimum absolute atomic E-state index is 0.244. The first-order valence-corrected chi connectivity index (χ1v) is 12.2. The number of carbonyl (C=O) groups is 2. The molecule has 1 N–H and O–H groups in total. The number of nitrogens with one attached hydrogen (secondary N) is 1. The molecule has 1 amide bonds. The van der Waals surface area contributed by atoms with Crippen LogP contribution in [0.1, 0.15) is 34.4 Å². The summed E-state index contributed by atoms with van der Waals surface area (Å²) in [5.74, 6) is 0.479. The number of rotatable bonds is 8. The number of amides is 1. The van der Waals surface area contributed by atoms with E-state index in [1.54, 1.807) is 38.5 Å². The number of carbonyl (C=O) groups excluding carboxylic acids is 2. The van der Waals surface area contributed by atoms with E-state index in [0.29, 0.717) is 39.8 Å². The van der Waals surface area contributed by atoms with Crippen LogP contribution in [-0.4, -0.2) is 44.3 Å². The molecule has 2 unspecified atom stereocenters. The molecule has 2 aromatic carbocycles. The van der Waals surface area contributed by atoms with E-state index in [-0.39, 0.29) is 24.7 Å². The number of nitrogens with zero attached hydrogens (tertiary/aromatic N) is 1. The molecule has 0 saturated carbocycles. The fourth-order valence-corrected chi connectivity index (χ4v) is 4.97. The van der Waals surface area contributed by atoms with Crippen molar-refractivity contribution < 1.29 is 28.5 Å². The van der Waals surface area contributed by atoms with E-state index in [0.717, 1.165) is 10.7 Å². The minimum atomic E-state index is -0.832. The Morgan fingerprint density at radius 3 is 2.74 bits per heavy atom. The highest BCUT2D eigenvalue weighted by atomic mass is 35.5. The van der Waals surface area contributed by atoms with E-state index in [4.69, 9.17) is 30.5 Å². The van der Waals surface area contributed by atoms with Gasteiger partial charge >= 0.3 is 5.97 Å². The molecule has 4 rings (SSSR count). The molecule has 2 heterocycles. The first-order valence-electron chi connectivity index (χ1n) is 10.9. The smallest absolute Gasteiger partial charge is 0.305 e. The molecule has 10 heteroatoms. The normalized spacial score (nSPS) is 17.2. The number of halogens is 1. The molecule has 0 saturated heterocycles. The Hall–Kier alpha value is -3.14. The van der Waals surface area contributed by atoms with Crippen LogP contribution in [0.25, 0.3) is 0 Å². The number of aromatic nitrogens is 1. The highest BCUT2D eigenvalue weighted by Crippen LogP contribution is 2.43. The number of anilines is 1. The van der Waals surface area contributed by atoms with Gasteiger partial charge in [-0.1, -0.05) is 23.7 Å². The zero-order valence-electron chi connectivity index (χ0n) is 19.5. The molecule has 3 aromatic rings. The van der Waals surface area contributed by atoms with E-state index >= 15 is 0 Å². The average molecular weight is 517 g/mol. The molecular formula is C25H25ClN2O6S. The van der Waals surface area contributed by atoms with E-state index in [1.165, 1.54) is 18.4 Å². The summed E-state index contributed by atoms with van der Waals surface area (Å²) < 4.78 is 22.3. The van der Waals surface area contributed by atoms with E-state index < -0.39 is 12.2 Å². The third kappa shape index (κ3) is 5.58. The molecule has 0 spiro atoms. The van der Waals surface area contributed by atoms with Gasteiger partial charge in [-0.3, -0.25) is 9.59 Å². The summed E-state index contributed by atoms with van der Waals surface area (Å²) in [5, 5.41) is 6.08. The van der Waals surface area contributed by atoms with E-state index in [1.807, 2.05) is 17.5 Å². The quantitative estimate of drug-likeness (QED) is 0.437. The SMILES string of the molecule is COC(=O)CCc1csc(CC2OC(c3cccc(OC)c3OC)c3cc(Cl)ccc3NC2=O)n1. The third-order valence-electron chi connectivity index (χ3n) is 5.63. The van der Waals surface area contributed by atoms with Crippen molar-refractivity contribution in [2.75, 3.05) is 26.6 Å². The molecule has 0 radical (unpaired) electrons. The van der Waals surface area contributed by atoms with Gasteiger partial charge < -0.3 is 24.3 Å². The second kappa shape index (κ2) is 11.1. The van der Waals surface area contributed by atoms with Crippen LogP contribution in [0.4, 0.5) is 5.69 Å². The maximum absolute atomic E-state index is 13.2. The van der Waals surface area contributed by atoms with Gasteiger partial charge in [-0.05, 0) is 24.3 Å². The topological polar surface area (TPSA) is 96.0 Å².